The Morgan fingerprint density at radius 3 is 2.37 bits per heavy atom. The number of hydrogen-bond donors (Lipinski definition) is 1. The molecule has 100 valence electrons. The van der Waals surface area contributed by atoms with Crippen LogP contribution in [0.2, 0.25) is 0 Å². The lowest BCUT2D eigenvalue weighted by Gasteiger charge is -2.32. The number of nitrogen functional groups attached to an aromatic ring is 1. The molecule has 1 aliphatic rings. The zero-order chi connectivity index (χ0) is 13.8. The molecule has 1 aliphatic heterocycles. The van der Waals surface area contributed by atoms with Crippen molar-refractivity contribution >= 4 is 24.2 Å². The van der Waals surface area contributed by atoms with Crippen molar-refractivity contribution in [1.29, 1.82) is 0 Å². The van der Waals surface area contributed by atoms with Crippen LogP contribution in [0.4, 0.5) is 5.82 Å². The summed E-state index contributed by atoms with van der Waals surface area (Å²) in [6, 6.07) is 0. The second-order valence-corrected chi connectivity index (χ2v) is 5.80. The number of fused-ring (bicyclic) bond motifs is 1. The smallest absolute Gasteiger partial charge is 0.398 e. The minimum absolute atomic E-state index is 0.385. The van der Waals surface area contributed by atoms with Gasteiger partial charge in [0.1, 0.15) is 5.82 Å². The standard InChI is InChI=1S/C12H17BN4O2/c1-11(2)12(3,4)19-13(18-11)8-5-16-10-7-15-6-9(14)17(8)10/h5-7H,14H2,1-4H3. The van der Waals surface area contributed by atoms with E-state index in [4.69, 9.17) is 15.0 Å². The molecule has 3 heterocycles. The van der Waals surface area contributed by atoms with E-state index in [-0.39, 0.29) is 11.2 Å². The summed E-state index contributed by atoms with van der Waals surface area (Å²) in [5.41, 5.74) is 6.65. The van der Waals surface area contributed by atoms with Crippen LogP contribution in [0.3, 0.4) is 0 Å². The molecule has 2 N–H and O–H groups in total. The molecule has 0 aliphatic carbocycles. The van der Waals surface area contributed by atoms with Crippen molar-refractivity contribution in [2.45, 2.75) is 38.9 Å². The van der Waals surface area contributed by atoms with Gasteiger partial charge in [0.05, 0.1) is 29.2 Å². The van der Waals surface area contributed by atoms with Crippen LogP contribution in [0.15, 0.2) is 18.6 Å². The van der Waals surface area contributed by atoms with Gasteiger partial charge in [0.25, 0.3) is 0 Å². The topological polar surface area (TPSA) is 74.7 Å². The predicted octanol–water partition coefficient (Wildman–Crippen LogP) is 0.611. The first-order valence-electron chi connectivity index (χ1n) is 6.24. The molecule has 0 spiro atoms. The summed E-state index contributed by atoms with van der Waals surface area (Å²) < 4.78 is 13.8. The Morgan fingerprint density at radius 2 is 1.74 bits per heavy atom. The lowest BCUT2D eigenvalue weighted by atomic mass is 9.85. The quantitative estimate of drug-likeness (QED) is 0.760. The molecule has 2 aromatic rings. The summed E-state index contributed by atoms with van der Waals surface area (Å²) in [6.45, 7) is 8.06. The summed E-state index contributed by atoms with van der Waals surface area (Å²) in [5, 5.41) is 0. The number of imidazole rings is 1. The lowest BCUT2D eigenvalue weighted by molar-refractivity contribution is 0.00578. The molecule has 0 radical (unpaired) electrons. The van der Waals surface area contributed by atoms with Crippen molar-refractivity contribution in [2.75, 3.05) is 5.73 Å². The van der Waals surface area contributed by atoms with Crippen LogP contribution in [-0.4, -0.2) is 32.7 Å². The summed E-state index contributed by atoms with van der Waals surface area (Å²) in [7, 11) is -0.482. The highest BCUT2D eigenvalue weighted by molar-refractivity contribution is 6.61. The molecular weight excluding hydrogens is 243 g/mol. The van der Waals surface area contributed by atoms with Crippen LogP contribution in [0.5, 0.6) is 0 Å². The van der Waals surface area contributed by atoms with Crippen molar-refractivity contribution in [1.82, 2.24) is 14.4 Å². The fourth-order valence-corrected chi connectivity index (χ4v) is 2.12. The van der Waals surface area contributed by atoms with Crippen molar-refractivity contribution < 1.29 is 9.31 Å². The molecule has 19 heavy (non-hydrogen) atoms. The maximum atomic E-state index is 6.01. The van der Waals surface area contributed by atoms with E-state index >= 15 is 0 Å². The van der Waals surface area contributed by atoms with E-state index < -0.39 is 7.12 Å². The van der Waals surface area contributed by atoms with Gasteiger partial charge in [-0.15, -0.1) is 0 Å². The van der Waals surface area contributed by atoms with Gasteiger partial charge in [-0.2, -0.15) is 0 Å². The van der Waals surface area contributed by atoms with Crippen LogP contribution < -0.4 is 11.3 Å². The van der Waals surface area contributed by atoms with Crippen molar-refractivity contribution in [3.63, 3.8) is 0 Å². The largest absolute Gasteiger partial charge is 0.514 e. The van der Waals surface area contributed by atoms with Crippen molar-refractivity contribution in [3.05, 3.63) is 18.6 Å². The number of aromatic nitrogens is 3. The fraction of sp³-hybridized carbons (Fsp3) is 0.500. The fourth-order valence-electron chi connectivity index (χ4n) is 2.12. The van der Waals surface area contributed by atoms with Gasteiger partial charge in [0, 0.05) is 6.20 Å². The van der Waals surface area contributed by atoms with Gasteiger partial charge < -0.3 is 15.0 Å². The third-order valence-corrected chi connectivity index (χ3v) is 3.97. The van der Waals surface area contributed by atoms with E-state index in [1.54, 1.807) is 23.0 Å². The van der Waals surface area contributed by atoms with Gasteiger partial charge >= 0.3 is 7.12 Å². The zero-order valence-corrected chi connectivity index (χ0v) is 11.5. The van der Waals surface area contributed by atoms with Gasteiger partial charge in [-0.1, -0.05) is 0 Å². The highest BCUT2D eigenvalue weighted by atomic mass is 16.7. The van der Waals surface area contributed by atoms with Crippen LogP contribution in [0.1, 0.15) is 27.7 Å². The molecular formula is C12H17BN4O2. The molecule has 6 nitrogen and oxygen atoms in total. The Hall–Kier alpha value is -1.60. The molecule has 1 fully saturated rings. The summed E-state index contributed by atoms with van der Waals surface area (Å²) in [5.74, 6) is 0.514. The van der Waals surface area contributed by atoms with Gasteiger partial charge in [-0.25, -0.2) is 4.98 Å². The first-order valence-corrected chi connectivity index (χ1v) is 6.24. The van der Waals surface area contributed by atoms with Crippen LogP contribution >= 0.6 is 0 Å². The number of nitrogens with zero attached hydrogens (tertiary/aromatic N) is 3. The minimum Gasteiger partial charge on any atom is -0.398 e. The van der Waals surface area contributed by atoms with Gasteiger partial charge in [0.15, 0.2) is 5.65 Å². The first kappa shape index (κ1) is 12.4. The Labute approximate surface area is 112 Å². The second-order valence-electron chi connectivity index (χ2n) is 5.80. The molecule has 0 bridgehead atoms. The van der Waals surface area contributed by atoms with E-state index in [9.17, 15) is 0 Å². The maximum absolute atomic E-state index is 6.01. The molecule has 0 amide bonds. The average molecular weight is 260 g/mol. The van der Waals surface area contributed by atoms with E-state index in [1.807, 2.05) is 27.7 Å². The second kappa shape index (κ2) is 3.71. The number of nitrogens with two attached hydrogens (primary N) is 1. The van der Waals surface area contributed by atoms with Crippen LogP contribution in [0.25, 0.3) is 5.65 Å². The van der Waals surface area contributed by atoms with Crippen molar-refractivity contribution in [2.24, 2.45) is 0 Å². The SMILES string of the molecule is CC1(C)OB(c2cnc3cncc(N)n23)OC1(C)C. The Balaban J connectivity index is 2.08. The van der Waals surface area contributed by atoms with E-state index in [1.165, 1.54) is 0 Å². The average Bonchev–Trinajstić information content (AvgIpc) is 2.80. The Kier molecular flexibility index (Phi) is 2.43. The molecule has 0 atom stereocenters. The van der Waals surface area contributed by atoms with E-state index in [0.29, 0.717) is 11.5 Å². The van der Waals surface area contributed by atoms with Gasteiger partial charge in [0.2, 0.25) is 0 Å². The third kappa shape index (κ3) is 1.73. The van der Waals surface area contributed by atoms with Crippen LogP contribution in [-0.2, 0) is 9.31 Å². The molecule has 1 saturated heterocycles. The molecule has 7 heteroatoms. The maximum Gasteiger partial charge on any atom is 0.514 e. The number of anilines is 1. The third-order valence-electron chi connectivity index (χ3n) is 3.97. The minimum atomic E-state index is -0.482. The summed E-state index contributed by atoms with van der Waals surface area (Å²) in [4.78, 5) is 8.30. The van der Waals surface area contributed by atoms with Gasteiger partial charge in [-0.05, 0) is 27.7 Å². The zero-order valence-electron chi connectivity index (χ0n) is 11.5. The first-order chi connectivity index (χ1) is 8.82. The lowest BCUT2D eigenvalue weighted by Crippen LogP contribution is -2.41. The number of rotatable bonds is 1. The normalized spacial score (nSPS) is 21.2. The Bertz CT molecular complexity index is 622. The molecule has 2 aromatic heterocycles. The number of hydrogen-bond acceptors (Lipinski definition) is 5. The Morgan fingerprint density at radius 1 is 1.11 bits per heavy atom. The monoisotopic (exact) mass is 260 g/mol. The highest BCUT2D eigenvalue weighted by Crippen LogP contribution is 2.36. The highest BCUT2D eigenvalue weighted by Gasteiger charge is 2.52. The van der Waals surface area contributed by atoms with E-state index in [2.05, 4.69) is 9.97 Å². The molecule has 0 unspecified atom stereocenters. The summed E-state index contributed by atoms with van der Waals surface area (Å²) >= 11 is 0. The predicted molar refractivity (Wildman–Crippen MR) is 73.1 cm³/mol. The molecule has 0 aromatic carbocycles. The summed E-state index contributed by atoms with van der Waals surface area (Å²) in [6.07, 6.45) is 4.96. The van der Waals surface area contributed by atoms with Crippen molar-refractivity contribution in [3.8, 4) is 0 Å². The van der Waals surface area contributed by atoms with E-state index in [0.717, 1.165) is 5.59 Å². The molecule has 3 rings (SSSR count). The molecule has 0 saturated carbocycles. The van der Waals surface area contributed by atoms with Gasteiger partial charge in [-0.3, -0.25) is 9.38 Å². The van der Waals surface area contributed by atoms with Crippen LogP contribution in [0, 0.1) is 0 Å².